The van der Waals surface area contributed by atoms with E-state index in [9.17, 15) is 9.59 Å². The minimum Gasteiger partial charge on any atom is -0.469 e. The van der Waals surface area contributed by atoms with Crippen molar-refractivity contribution in [2.75, 3.05) is 5.75 Å². The maximum absolute atomic E-state index is 12.1. The zero-order chi connectivity index (χ0) is 19.4. The molecule has 0 atom stereocenters. The van der Waals surface area contributed by atoms with E-state index in [-0.39, 0.29) is 5.75 Å². The van der Waals surface area contributed by atoms with Crippen molar-refractivity contribution in [1.82, 2.24) is 24.6 Å². The Kier molecular flexibility index (Phi) is 5.60. The Morgan fingerprint density at radius 1 is 1.37 bits per heavy atom. The molecular weight excluding hydrogens is 366 g/mol. The van der Waals surface area contributed by atoms with Crippen molar-refractivity contribution in [3.63, 3.8) is 0 Å². The van der Waals surface area contributed by atoms with Gasteiger partial charge in [0.05, 0.1) is 17.6 Å². The molecule has 3 heterocycles. The molecule has 0 aliphatic carbocycles. The molecule has 0 spiro atoms. The number of rotatable bonds is 7. The van der Waals surface area contributed by atoms with E-state index in [4.69, 9.17) is 4.42 Å². The number of imide groups is 1. The molecule has 0 unspecified atom stereocenters. The number of allylic oxidation sites excluding steroid dienone is 1. The third-order valence-corrected chi connectivity index (χ3v) is 4.86. The molecule has 27 heavy (non-hydrogen) atoms. The van der Waals surface area contributed by atoms with Gasteiger partial charge in [0, 0.05) is 19.8 Å². The van der Waals surface area contributed by atoms with Gasteiger partial charge in [-0.25, -0.2) is 0 Å². The lowest BCUT2D eigenvalue weighted by Gasteiger charge is -2.07. The number of aromatic nitrogens is 4. The topological polar surface area (TPSA) is 95.0 Å². The van der Waals surface area contributed by atoms with Crippen molar-refractivity contribution in [2.24, 2.45) is 7.05 Å². The number of amides is 2. The zero-order valence-corrected chi connectivity index (χ0v) is 15.8. The summed E-state index contributed by atoms with van der Waals surface area (Å²) in [6, 6.07) is 5.21. The number of furan rings is 1. The van der Waals surface area contributed by atoms with Crippen LogP contribution in [0.1, 0.15) is 16.2 Å². The van der Waals surface area contributed by atoms with Crippen LogP contribution in [0.2, 0.25) is 0 Å². The zero-order valence-electron chi connectivity index (χ0n) is 15.0. The van der Waals surface area contributed by atoms with Crippen LogP contribution in [0, 0.1) is 6.92 Å². The molecule has 0 aliphatic rings. The van der Waals surface area contributed by atoms with Gasteiger partial charge in [-0.3, -0.25) is 19.5 Å². The Bertz CT molecular complexity index is 985. The molecule has 1 N–H and O–H groups in total. The smallest absolute Gasteiger partial charge is 0.274 e. The molecule has 9 heteroatoms. The summed E-state index contributed by atoms with van der Waals surface area (Å²) in [5, 5.41) is 11.3. The Balaban J connectivity index is 1.69. The van der Waals surface area contributed by atoms with Crippen LogP contribution >= 0.6 is 11.8 Å². The van der Waals surface area contributed by atoms with Crippen molar-refractivity contribution in [2.45, 2.75) is 18.6 Å². The first-order valence-corrected chi connectivity index (χ1v) is 9.16. The fourth-order valence-corrected chi connectivity index (χ4v) is 3.31. The summed E-state index contributed by atoms with van der Waals surface area (Å²) in [6.45, 7) is 6.09. The average Bonchev–Trinajstić information content (AvgIpc) is 3.34. The molecule has 0 aliphatic heterocycles. The quantitative estimate of drug-likeness (QED) is 0.496. The van der Waals surface area contributed by atoms with E-state index in [2.05, 4.69) is 22.1 Å². The van der Waals surface area contributed by atoms with E-state index in [1.165, 1.54) is 11.8 Å². The second-order valence-electron chi connectivity index (χ2n) is 5.77. The number of aryl methyl sites for hydroxylation is 2. The highest BCUT2D eigenvalue weighted by Crippen LogP contribution is 2.27. The summed E-state index contributed by atoms with van der Waals surface area (Å²) in [5.41, 5.74) is 1.25. The van der Waals surface area contributed by atoms with Crippen molar-refractivity contribution >= 4 is 23.6 Å². The highest BCUT2D eigenvalue weighted by molar-refractivity contribution is 7.99. The summed E-state index contributed by atoms with van der Waals surface area (Å²) >= 11 is 1.20. The highest BCUT2D eigenvalue weighted by Gasteiger charge is 2.18. The van der Waals surface area contributed by atoms with Crippen molar-refractivity contribution in [3.8, 4) is 11.4 Å². The van der Waals surface area contributed by atoms with E-state index in [1.54, 1.807) is 42.3 Å². The maximum Gasteiger partial charge on any atom is 0.274 e. The van der Waals surface area contributed by atoms with E-state index >= 15 is 0 Å². The maximum atomic E-state index is 12.1. The Morgan fingerprint density at radius 3 is 2.81 bits per heavy atom. The molecule has 3 aromatic heterocycles. The number of carbonyl (C=O) groups is 2. The molecule has 0 fully saturated rings. The Hall–Kier alpha value is -3.07. The van der Waals surface area contributed by atoms with Crippen LogP contribution in [0.25, 0.3) is 11.4 Å². The lowest BCUT2D eigenvalue weighted by Crippen LogP contribution is -2.33. The average molecular weight is 385 g/mol. The molecule has 0 saturated carbocycles. The van der Waals surface area contributed by atoms with Crippen molar-refractivity contribution in [3.05, 3.63) is 54.8 Å². The summed E-state index contributed by atoms with van der Waals surface area (Å²) in [4.78, 5) is 24.2. The molecule has 140 valence electrons. The van der Waals surface area contributed by atoms with Crippen LogP contribution in [-0.2, 0) is 18.4 Å². The molecular formula is C18H19N5O3S. The van der Waals surface area contributed by atoms with Gasteiger partial charge in [0.2, 0.25) is 5.91 Å². The second-order valence-corrected chi connectivity index (χ2v) is 6.71. The minimum atomic E-state index is -0.435. The number of nitrogens with one attached hydrogen (secondary N) is 1. The van der Waals surface area contributed by atoms with Gasteiger partial charge in [-0.15, -0.1) is 16.8 Å². The fourth-order valence-electron chi connectivity index (χ4n) is 2.56. The summed E-state index contributed by atoms with van der Waals surface area (Å²) in [5.74, 6) is 0.574. The number of carbonyl (C=O) groups excluding carboxylic acids is 2. The van der Waals surface area contributed by atoms with Gasteiger partial charge < -0.3 is 8.98 Å². The Morgan fingerprint density at radius 2 is 2.19 bits per heavy atom. The lowest BCUT2D eigenvalue weighted by molar-refractivity contribution is -0.117. The highest BCUT2D eigenvalue weighted by atomic mass is 32.2. The number of nitrogens with zero attached hydrogens (tertiary/aromatic N) is 4. The van der Waals surface area contributed by atoms with E-state index in [0.29, 0.717) is 23.2 Å². The van der Waals surface area contributed by atoms with Crippen LogP contribution in [-0.4, -0.2) is 36.9 Å². The Labute approximate surface area is 160 Å². The monoisotopic (exact) mass is 385 g/mol. The van der Waals surface area contributed by atoms with Gasteiger partial charge in [0.15, 0.2) is 11.0 Å². The molecule has 0 radical (unpaired) electrons. The van der Waals surface area contributed by atoms with Crippen molar-refractivity contribution in [1.29, 1.82) is 0 Å². The van der Waals surface area contributed by atoms with Crippen LogP contribution in [0.4, 0.5) is 0 Å². The molecule has 0 saturated heterocycles. The van der Waals surface area contributed by atoms with Gasteiger partial charge in [0.1, 0.15) is 11.5 Å². The van der Waals surface area contributed by atoms with Crippen molar-refractivity contribution < 1.29 is 14.0 Å². The predicted octanol–water partition coefficient (Wildman–Crippen LogP) is 2.42. The van der Waals surface area contributed by atoms with E-state index in [0.717, 1.165) is 11.3 Å². The van der Waals surface area contributed by atoms with Crippen LogP contribution in [0.15, 0.2) is 52.9 Å². The van der Waals surface area contributed by atoms with Crippen LogP contribution in [0.5, 0.6) is 0 Å². The fraction of sp³-hybridized carbons (Fsp3) is 0.222. The molecule has 3 rings (SSSR count). The largest absolute Gasteiger partial charge is 0.469 e. The third kappa shape index (κ3) is 4.03. The first-order chi connectivity index (χ1) is 13.0. The molecule has 2 amide bonds. The number of hydrogen-bond donors (Lipinski definition) is 1. The number of thioether (sulfide) groups is 1. The lowest BCUT2D eigenvalue weighted by atomic mass is 10.2. The normalized spacial score (nSPS) is 10.7. The van der Waals surface area contributed by atoms with Crippen LogP contribution < -0.4 is 5.32 Å². The van der Waals surface area contributed by atoms with Gasteiger partial charge in [-0.2, -0.15) is 0 Å². The van der Waals surface area contributed by atoms with E-state index < -0.39 is 11.8 Å². The summed E-state index contributed by atoms with van der Waals surface area (Å²) in [7, 11) is 1.74. The summed E-state index contributed by atoms with van der Waals surface area (Å²) < 4.78 is 8.83. The first-order valence-electron chi connectivity index (χ1n) is 8.18. The van der Waals surface area contributed by atoms with Gasteiger partial charge in [-0.05, 0) is 25.1 Å². The van der Waals surface area contributed by atoms with Gasteiger partial charge in [0.25, 0.3) is 5.91 Å². The molecule has 0 bridgehead atoms. The molecule has 0 aromatic carbocycles. The third-order valence-electron chi connectivity index (χ3n) is 3.89. The minimum absolute atomic E-state index is 0.0375. The molecule has 3 aromatic rings. The number of hydrogen-bond acceptors (Lipinski definition) is 6. The second kappa shape index (κ2) is 8.09. The van der Waals surface area contributed by atoms with E-state index in [1.807, 2.05) is 17.6 Å². The molecule has 8 nitrogen and oxygen atoms in total. The standard InChI is InChI=1S/C18H19N5O3S/c1-4-8-23-16(13-7-10-26-12(13)2)20-21-18(23)27-11-15(24)19-17(25)14-6-5-9-22(14)3/h4-7,9-10H,1,8,11H2,2-3H3,(H,19,24,25). The van der Waals surface area contributed by atoms with Gasteiger partial charge in [-0.1, -0.05) is 17.8 Å². The SMILES string of the molecule is C=CCn1c(SCC(=O)NC(=O)c2cccn2C)nnc1-c1ccoc1C. The summed E-state index contributed by atoms with van der Waals surface area (Å²) in [6.07, 6.45) is 5.06. The van der Waals surface area contributed by atoms with Gasteiger partial charge >= 0.3 is 0 Å². The van der Waals surface area contributed by atoms with Crippen LogP contribution in [0.3, 0.4) is 0 Å². The first kappa shape index (κ1) is 18.7. The predicted molar refractivity (Wildman–Crippen MR) is 101 cm³/mol.